The minimum Gasteiger partial charge on any atom is -0.394 e. The van der Waals surface area contributed by atoms with E-state index in [-0.39, 0.29) is 29.6 Å². The maximum Gasteiger partial charge on any atom is 0.251 e. The standard InChI is InChI=1S/C28H29N3O4S/c1-17(16-32)31-24-27(35)30(20-11-10-18-7-3-4-8-19(18)15-20)14-6-12-28(24)23(26(31)34)22-21(36-28)9-5-13-29(2)25(22)33/h3-12,15,17,21-24,32H,13-14,16H2,1-2H3/t17-,21-,22+,23+,24?,28+/m1/s1. The second-order valence-corrected chi connectivity index (χ2v) is 11.6. The van der Waals surface area contributed by atoms with Gasteiger partial charge < -0.3 is 19.8 Å². The number of hydrogen-bond donors (Lipinski definition) is 1. The summed E-state index contributed by atoms with van der Waals surface area (Å²) in [4.78, 5) is 46.8. The molecule has 6 rings (SSSR count). The summed E-state index contributed by atoms with van der Waals surface area (Å²) in [5, 5.41) is 12.0. The molecule has 4 heterocycles. The Bertz CT molecular complexity index is 1320. The lowest BCUT2D eigenvalue weighted by atomic mass is 9.78. The average Bonchev–Trinajstić information content (AvgIpc) is 3.22. The van der Waals surface area contributed by atoms with Gasteiger partial charge in [-0.3, -0.25) is 14.4 Å². The van der Waals surface area contributed by atoms with Crippen molar-refractivity contribution in [2.45, 2.75) is 29.0 Å². The molecule has 1 unspecified atom stereocenters. The van der Waals surface area contributed by atoms with Crippen molar-refractivity contribution in [3.05, 3.63) is 66.8 Å². The predicted octanol–water partition coefficient (Wildman–Crippen LogP) is 2.45. The first-order valence-corrected chi connectivity index (χ1v) is 13.3. The average molecular weight is 504 g/mol. The van der Waals surface area contributed by atoms with E-state index in [4.69, 9.17) is 0 Å². The number of thioether (sulfide) groups is 1. The minimum absolute atomic E-state index is 0.0681. The third-order valence-electron chi connectivity index (χ3n) is 8.08. The van der Waals surface area contributed by atoms with Crippen LogP contribution < -0.4 is 4.90 Å². The van der Waals surface area contributed by atoms with Crippen LogP contribution in [0.15, 0.2) is 66.8 Å². The van der Waals surface area contributed by atoms with Crippen LogP contribution in [0.25, 0.3) is 10.8 Å². The fourth-order valence-electron chi connectivity index (χ4n) is 6.34. The highest BCUT2D eigenvalue weighted by atomic mass is 32.2. The van der Waals surface area contributed by atoms with Gasteiger partial charge in [-0.2, -0.15) is 0 Å². The topological polar surface area (TPSA) is 81.2 Å². The van der Waals surface area contributed by atoms with Crippen LogP contribution in [0, 0.1) is 11.8 Å². The van der Waals surface area contributed by atoms with Crippen LogP contribution in [0.4, 0.5) is 5.69 Å². The zero-order valence-corrected chi connectivity index (χ0v) is 21.1. The second-order valence-electron chi connectivity index (χ2n) is 10.1. The van der Waals surface area contributed by atoms with Gasteiger partial charge in [-0.05, 0) is 29.8 Å². The number of carbonyl (C=O) groups is 3. The van der Waals surface area contributed by atoms with Crippen LogP contribution in [0.1, 0.15) is 6.92 Å². The van der Waals surface area contributed by atoms with Crippen molar-refractivity contribution in [2.24, 2.45) is 11.8 Å². The molecule has 3 amide bonds. The van der Waals surface area contributed by atoms with Crippen molar-refractivity contribution in [3.8, 4) is 0 Å². The predicted molar refractivity (Wildman–Crippen MR) is 140 cm³/mol. The van der Waals surface area contributed by atoms with E-state index in [0.717, 1.165) is 16.5 Å². The van der Waals surface area contributed by atoms with Gasteiger partial charge in [0, 0.05) is 31.1 Å². The van der Waals surface area contributed by atoms with E-state index < -0.39 is 28.7 Å². The first-order valence-electron chi connectivity index (χ1n) is 12.4. The Kier molecular flexibility index (Phi) is 5.50. The van der Waals surface area contributed by atoms with E-state index in [2.05, 4.69) is 0 Å². The normalized spacial score (nSPS) is 32.4. The highest BCUT2D eigenvalue weighted by Crippen LogP contribution is 2.61. The molecule has 0 saturated carbocycles. The van der Waals surface area contributed by atoms with Gasteiger partial charge in [0.25, 0.3) is 5.91 Å². The molecule has 4 aliphatic heterocycles. The van der Waals surface area contributed by atoms with Crippen LogP contribution >= 0.6 is 11.8 Å². The number of carbonyl (C=O) groups excluding carboxylic acids is 3. The van der Waals surface area contributed by atoms with Crippen molar-refractivity contribution in [1.82, 2.24) is 9.80 Å². The van der Waals surface area contributed by atoms with Gasteiger partial charge in [0.1, 0.15) is 6.04 Å². The third kappa shape index (κ3) is 3.20. The maximum atomic E-state index is 14.4. The summed E-state index contributed by atoms with van der Waals surface area (Å²) in [7, 11) is 1.76. The van der Waals surface area contributed by atoms with Crippen LogP contribution in [-0.4, -0.2) is 81.5 Å². The summed E-state index contributed by atoms with van der Waals surface area (Å²) in [6.45, 7) is 2.38. The molecule has 2 fully saturated rings. The lowest BCUT2D eigenvalue weighted by molar-refractivity contribution is -0.143. The molecule has 2 saturated heterocycles. The Balaban J connectivity index is 1.48. The largest absolute Gasteiger partial charge is 0.394 e. The number of hydrogen-bond acceptors (Lipinski definition) is 5. The molecule has 2 aromatic carbocycles. The smallest absolute Gasteiger partial charge is 0.251 e. The number of amides is 3. The highest BCUT2D eigenvalue weighted by molar-refractivity contribution is 8.02. The van der Waals surface area contributed by atoms with E-state index in [1.165, 1.54) is 0 Å². The number of aliphatic hydroxyl groups excluding tert-OH is 1. The molecule has 186 valence electrons. The monoisotopic (exact) mass is 503 g/mol. The molecular weight excluding hydrogens is 474 g/mol. The van der Waals surface area contributed by atoms with E-state index in [9.17, 15) is 19.5 Å². The Morgan fingerprint density at radius 2 is 1.81 bits per heavy atom. The fourth-order valence-corrected chi connectivity index (χ4v) is 8.33. The number of nitrogens with zero attached hydrogens (tertiary/aromatic N) is 3. The minimum atomic E-state index is -0.878. The van der Waals surface area contributed by atoms with Gasteiger partial charge in [-0.1, -0.05) is 54.6 Å². The van der Waals surface area contributed by atoms with Gasteiger partial charge in [0.2, 0.25) is 11.8 Å². The molecule has 4 aliphatic rings. The van der Waals surface area contributed by atoms with Gasteiger partial charge >= 0.3 is 0 Å². The molecule has 1 spiro atoms. The molecule has 0 bridgehead atoms. The molecule has 8 heteroatoms. The summed E-state index contributed by atoms with van der Waals surface area (Å²) in [6, 6.07) is 12.6. The highest BCUT2D eigenvalue weighted by Gasteiger charge is 2.71. The van der Waals surface area contributed by atoms with Gasteiger partial charge in [0.15, 0.2) is 0 Å². The first kappa shape index (κ1) is 23.3. The Hall–Kier alpha value is -3.10. The van der Waals surface area contributed by atoms with Crippen LogP contribution in [0.5, 0.6) is 0 Å². The summed E-state index contributed by atoms with van der Waals surface area (Å²) in [5.41, 5.74) is 0.765. The van der Waals surface area contributed by atoms with Gasteiger partial charge in [0.05, 0.1) is 29.2 Å². The SMILES string of the molecule is C[C@H](CO)N1C(=O)[C@@H]2[C@H]3C(=O)N(C)CC=C[C@H]3S[C@@]23C=CCN(c2ccc4ccccc4c2)C(=O)C13. The molecular formula is C28H29N3O4S. The van der Waals surface area contributed by atoms with E-state index in [0.29, 0.717) is 13.1 Å². The number of benzene rings is 2. The molecule has 6 atom stereocenters. The third-order valence-corrected chi connectivity index (χ3v) is 9.83. The Morgan fingerprint density at radius 1 is 1.03 bits per heavy atom. The molecule has 0 aliphatic carbocycles. The van der Waals surface area contributed by atoms with Gasteiger partial charge in [-0.15, -0.1) is 11.8 Å². The Labute approximate surface area is 214 Å². The van der Waals surface area contributed by atoms with E-state index in [1.54, 1.807) is 40.4 Å². The van der Waals surface area contributed by atoms with Crippen LogP contribution in [-0.2, 0) is 14.4 Å². The fraction of sp³-hybridized carbons (Fsp3) is 0.393. The van der Waals surface area contributed by atoms with Crippen LogP contribution in [0.2, 0.25) is 0 Å². The van der Waals surface area contributed by atoms with Crippen molar-refractivity contribution < 1.29 is 19.5 Å². The molecule has 36 heavy (non-hydrogen) atoms. The molecule has 7 nitrogen and oxygen atoms in total. The van der Waals surface area contributed by atoms with Gasteiger partial charge in [-0.25, -0.2) is 0 Å². The summed E-state index contributed by atoms with van der Waals surface area (Å²) in [6.07, 6.45) is 7.98. The zero-order valence-electron chi connectivity index (χ0n) is 20.3. The Morgan fingerprint density at radius 3 is 2.58 bits per heavy atom. The quantitative estimate of drug-likeness (QED) is 0.651. The number of fused-ring (bicyclic) bond motifs is 3. The summed E-state index contributed by atoms with van der Waals surface area (Å²) < 4.78 is -0.878. The maximum absolute atomic E-state index is 14.4. The lowest BCUT2D eigenvalue weighted by Gasteiger charge is -2.37. The van der Waals surface area contributed by atoms with Crippen LogP contribution in [0.3, 0.4) is 0 Å². The molecule has 0 radical (unpaired) electrons. The zero-order chi connectivity index (χ0) is 25.2. The molecule has 2 aromatic rings. The van der Waals surface area contributed by atoms with Crippen molar-refractivity contribution >= 4 is 45.9 Å². The van der Waals surface area contributed by atoms with Crippen molar-refractivity contribution in [2.75, 3.05) is 31.6 Å². The van der Waals surface area contributed by atoms with Crippen molar-refractivity contribution in [1.29, 1.82) is 0 Å². The lowest BCUT2D eigenvalue weighted by Crippen LogP contribution is -2.56. The molecule has 1 N–H and O–H groups in total. The number of anilines is 1. The second kappa shape index (κ2) is 8.49. The number of likely N-dealkylation sites (N-methyl/N-ethyl adjacent to an activating group) is 1. The van der Waals surface area contributed by atoms with E-state index in [1.807, 2.05) is 66.8 Å². The summed E-state index contributed by atoms with van der Waals surface area (Å²) in [5.74, 6) is -1.69. The number of likely N-dealkylation sites (tertiary alicyclic amines) is 1. The van der Waals surface area contributed by atoms with E-state index >= 15 is 0 Å². The molecule has 0 aromatic heterocycles. The first-order chi connectivity index (χ1) is 17.4. The summed E-state index contributed by atoms with van der Waals surface area (Å²) >= 11 is 1.56. The van der Waals surface area contributed by atoms with Crippen molar-refractivity contribution in [3.63, 3.8) is 0 Å². The number of aliphatic hydroxyl groups is 1. The number of rotatable bonds is 3.